The summed E-state index contributed by atoms with van der Waals surface area (Å²) < 4.78 is 10.9. The maximum atomic E-state index is 13.1. The van der Waals surface area contributed by atoms with Crippen molar-refractivity contribution in [3.63, 3.8) is 0 Å². The third-order valence-electron chi connectivity index (χ3n) is 7.01. The largest absolute Gasteiger partial charge is 0.494 e. The topological polar surface area (TPSA) is 101 Å². The third kappa shape index (κ3) is 7.21. The fourth-order valence-electron chi connectivity index (χ4n) is 5.17. The molecule has 2 fully saturated rings. The van der Waals surface area contributed by atoms with Gasteiger partial charge in [0.25, 0.3) is 0 Å². The molecule has 0 radical (unpaired) electrons. The number of rotatable bonds is 13. The van der Waals surface area contributed by atoms with E-state index in [1.807, 2.05) is 23.1 Å². The van der Waals surface area contributed by atoms with Crippen LogP contribution in [-0.4, -0.2) is 65.9 Å². The first-order valence-electron chi connectivity index (χ1n) is 13.3. The number of carbonyl (C=O) groups is 3. The molecular weight excluding hydrogens is 460 g/mol. The number of hydrogen-bond donors (Lipinski definition) is 1. The van der Waals surface area contributed by atoms with Gasteiger partial charge >= 0.3 is 5.97 Å². The summed E-state index contributed by atoms with van der Waals surface area (Å²) in [5.41, 5.74) is 1.88. The number of esters is 1. The Kier molecular flexibility index (Phi) is 9.19. The summed E-state index contributed by atoms with van der Waals surface area (Å²) in [5, 5.41) is 2.77. The molecule has 3 aliphatic rings. The van der Waals surface area contributed by atoms with E-state index in [1.165, 1.54) is 19.8 Å². The number of carbonyl (C=O) groups excluding carboxylic acids is 3. The molecule has 1 saturated heterocycles. The van der Waals surface area contributed by atoms with Crippen LogP contribution in [0.1, 0.15) is 76.7 Å². The van der Waals surface area contributed by atoms with Gasteiger partial charge in [0, 0.05) is 38.0 Å². The normalized spacial score (nSPS) is 16.8. The second-order valence-electron chi connectivity index (χ2n) is 9.86. The van der Waals surface area contributed by atoms with E-state index in [0.29, 0.717) is 51.1 Å². The molecule has 1 aromatic rings. The number of nitrogens with one attached hydrogen (secondary N) is 1. The van der Waals surface area contributed by atoms with E-state index in [2.05, 4.69) is 15.2 Å². The number of amides is 2. The average Bonchev–Trinajstić information content (AvgIpc) is 3.50. The smallest absolute Gasteiger partial charge is 0.302 e. The lowest BCUT2D eigenvalue weighted by atomic mass is 10.1. The van der Waals surface area contributed by atoms with Crippen molar-refractivity contribution in [2.75, 3.05) is 26.3 Å². The zero-order valence-corrected chi connectivity index (χ0v) is 21.3. The molecule has 4 rings (SSSR count). The Morgan fingerprint density at radius 2 is 1.89 bits per heavy atom. The quantitative estimate of drug-likeness (QED) is 0.329. The lowest BCUT2D eigenvalue weighted by Crippen LogP contribution is -2.39. The van der Waals surface area contributed by atoms with Gasteiger partial charge in [-0.1, -0.05) is 19.3 Å². The third-order valence-corrected chi connectivity index (χ3v) is 7.01. The molecule has 2 aliphatic heterocycles. The highest BCUT2D eigenvalue weighted by atomic mass is 16.5. The van der Waals surface area contributed by atoms with Gasteiger partial charge in [-0.15, -0.1) is 0 Å². The van der Waals surface area contributed by atoms with Crippen LogP contribution < -0.4 is 10.1 Å². The molecule has 36 heavy (non-hydrogen) atoms. The number of nitrogens with zero attached hydrogens (tertiary/aromatic N) is 3. The SMILES string of the molecule is CC(=O)OCCCCCCN(C(=O)CCCOc1ccc2c(c1)CN1CC(=O)NC1=N2)C1CCCC1. The Morgan fingerprint density at radius 3 is 2.69 bits per heavy atom. The number of ether oxygens (including phenoxy) is 2. The molecule has 0 spiro atoms. The highest BCUT2D eigenvalue weighted by Gasteiger charge is 2.29. The first kappa shape index (κ1) is 26.0. The van der Waals surface area contributed by atoms with Crippen molar-refractivity contribution in [3.8, 4) is 5.75 Å². The summed E-state index contributed by atoms with van der Waals surface area (Å²) >= 11 is 0. The van der Waals surface area contributed by atoms with Gasteiger partial charge in [0.2, 0.25) is 17.8 Å². The molecule has 0 atom stereocenters. The zero-order valence-electron chi connectivity index (χ0n) is 21.3. The number of fused-ring (bicyclic) bond motifs is 2. The van der Waals surface area contributed by atoms with Gasteiger partial charge in [0.1, 0.15) is 12.3 Å². The molecule has 196 valence electrons. The van der Waals surface area contributed by atoms with Crippen LogP contribution in [0.2, 0.25) is 0 Å². The van der Waals surface area contributed by atoms with Crippen molar-refractivity contribution in [1.82, 2.24) is 15.1 Å². The minimum Gasteiger partial charge on any atom is -0.494 e. The number of hydrogen-bond acceptors (Lipinski definition) is 7. The number of guanidine groups is 1. The Bertz CT molecular complexity index is 973. The maximum absolute atomic E-state index is 13.1. The molecule has 9 nitrogen and oxygen atoms in total. The highest BCUT2D eigenvalue weighted by Crippen LogP contribution is 2.30. The lowest BCUT2D eigenvalue weighted by Gasteiger charge is -2.29. The molecular formula is C27H38N4O5. The van der Waals surface area contributed by atoms with Crippen LogP contribution in [0.15, 0.2) is 23.2 Å². The standard InChI is InChI=1S/C27H38N4O5/c1-20(32)35-15-7-3-2-6-14-31(22-9-4-5-10-22)26(34)11-8-16-36-23-12-13-24-21(17-23)18-30-19-25(33)29-27(30)28-24/h12-13,17,22H,2-11,14-16,18-19H2,1H3,(H,28,29,33). The monoisotopic (exact) mass is 498 g/mol. The number of unbranched alkanes of at least 4 members (excludes halogenated alkanes) is 3. The van der Waals surface area contributed by atoms with Gasteiger partial charge in [-0.2, -0.15) is 0 Å². The van der Waals surface area contributed by atoms with Crippen LogP contribution in [-0.2, 0) is 25.7 Å². The minimum atomic E-state index is -0.228. The Morgan fingerprint density at radius 1 is 1.08 bits per heavy atom. The van der Waals surface area contributed by atoms with Crippen molar-refractivity contribution in [3.05, 3.63) is 23.8 Å². The summed E-state index contributed by atoms with van der Waals surface area (Å²) in [6.45, 7) is 4.16. The molecule has 9 heteroatoms. The van der Waals surface area contributed by atoms with Gasteiger partial charge in [-0.25, -0.2) is 4.99 Å². The van der Waals surface area contributed by atoms with Crippen LogP contribution in [0.5, 0.6) is 5.75 Å². The van der Waals surface area contributed by atoms with Gasteiger partial charge in [0.15, 0.2) is 0 Å². The van der Waals surface area contributed by atoms with E-state index in [1.54, 1.807) is 0 Å². The molecule has 0 bridgehead atoms. The predicted molar refractivity (Wildman–Crippen MR) is 136 cm³/mol. The maximum Gasteiger partial charge on any atom is 0.302 e. The summed E-state index contributed by atoms with van der Waals surface area (Å²) in [7, 11) is 0. The Labute approximate surface area is 213 Å². The van der Waals surface area contributed by atoms with Crippen LogP contribution in [0, 0.1) is 0 Å². The van der Waals surface area contributed by atoms with Crippen LogP contribution in [0.3, 0.4) is 0 Å². The van der Waals surface area contributed by atoms with Crippen LogP contribution >= 0.6 is 0 Å². The van der Waals surface area contributed by atoms with E-state index in [9.17, 15) is 14.4 Å². The summed E-state index contributed by atoms with van der Waals surface area (Å²) in [5.74, 6) is 1.35. The van der Waals surface area contributed by atoms with E-state index in [-0.39, 0.29) is 17.8 Å². The van der Waals surface area contributed by atoms with Gasteiger partial charge in [0.05, 0.1) is 18.9 Å². The second-order valence-corrected chi connectivity index (χ2v) is 9.86. The first-order chi connectivity index (χ1) is 17.5. The summed E-state index contributed by atoms with van der Waals surface area (Å²) in [6, 6.07) is 6.16. The molecule has 1 N–H and O–H groups in total. The average molecular weight is 499 g/mol. The Balaban J connectivity index is 1.18. The molecule has 2 heterocycles. The van der Waals surface area contributed by atoms with Crippen molar-refractivity contribution < 1.29 is 23.9 Å². The molecule has 0 aromatic heterocycles. The van der Waals surface area contributed by atoms with Gasteiger partial charge < -0.3 is 19.3 Å². The Hall–Kier alpha value is -3.10. The van der Waals surface area contributed by atoms with E-state index >= 15 is 0 Å². The molecule has 0 unspecified atom stereocenters. The van der Waals surface area contributed by atoms with Gasteiger partial charge in [-0.05, 0) is 56.7 Å². The van der Waals surface area contributed by atoms with E-state index in [4.69, 9.17) is 9.47 Å². The molecule has 1 aliphatic carbocycles. The number of benzene rings is 1. The van der Waals surface area contributed by atoms with E-state index < -0.39 is 0 Å². The minimum absolute atomic E-state index is 0.0337. The van der Waals surface area contributed by atoms with Crippen molar-refractivity contribution in [2.45, 2.75) is 83.7 Å². The van der Waals surface area contributed by atoms with Crippen molar-refractivity contribution in [1.29, 1.82) is 0 Å². The molecule has 1 aromatic carbocycles. The summed E-state index contributed by atoms with van der Waals surface area (Å²) in [6.07, 6.45) is 9.67. The van der Waals surface area contributed by atoms with E-state index in [0.717, 1.165) is 62.1 Å². The molecule has 1 saturated carbocycles. The second kappa shape index (κ2) is 12.7. The predicted octanol–water partition coefficient (Wildman–Crippen LogP) is 3.67. The fraction of sp³-hybridized carbons (Fsp3) is 0.630. The van der Waals surface area contributed by atoms with Crippen LogP contribution in [0.25, 0.3) is 0 Å². The van der Waals surface area contributed by atoms with Crippen molar-refractivity contribution >= 4 is 29.4 Å². The fourth-order valence-corrected chi connectivity index (χ4v) is 5.17. The van der Waals surface area contributed by atoms with Crippen molar-refractivity contribution in [2.24, 2.45) is 4.99 Å². The molecule has 2 amide bonds. The highest BCUT2D eigenvalue weighted by molar-refractivity contribution is 6.05. The summed E-state index contributed by atoms with van der Waals surface area (Å²) in [4.78, 5) is 44.1. The first-order valence-corrected chi connectivity index (χ1v) is 13.3. The number of aliphatic imine (C=N–C) groups is 1. The zero-order chi connectivity index (χ0) is 25.3. The van der Waals surface area contributed by atoms with Gasteiger partial charge in [-0.3, -0.25) is 19.7 Å². The van der Waals surface area contributed by atoms with Crippen LogP contribution in [0.4, 0.5) is 5.69 Å². The lowest BCUT2D eigenvalue weighted by molar-refractivity contribution is -0.141.